The van der Waals surface area contributed by atoms with Crippen LogP contribution in [0.2, 0.25) is 0 Å². The second kappa shape index (κ2) is 10.4. The SMILES string of the molecule is Cc1ccc2c(c1)Sc1cccc3nc(-n4c5ccccc5c5cc(-c6ccc7c(c6)c6ccccc6n7-c6ccccc6)ccc54)nc-2c13. The van der Waals surface area contributed by atoms with E-state index < -0.39 is 0 Å². The quantitative estimate of drug-likeness (QED) is 0.190. The summed E-state index contributed by atoms with van der Waals surface area (Å²) in [6.07, 6.45) is 0. The summed E-state index contributed by atoms with van der Waals surface area (Å²) in [5, 5.41) is 5.99. The summed E-state index contributed by atoms with van der Waals surface area (Å²) in [7, 11) is 0. The van der Waals surface area contributed by atoms with Gasteiger partial charge in [-0.3, -0.25) is 4.57 Å². The number of benzene rings is 7. The van der Waals surface area contributed by atoms with Crippen LogP contribution >= 0.6 is 11.8 Å². The molecule has 0 spiro atoms. The molecule has 11 rings (SSSR count). The van der Waals surface area contributed by atoms with E-state index in [-0.39, 0.29) is 0 Å². The maximum atomic E-state index is 5.35. The Morgan fingerprint density at radius 1 is 0.480 bits per heavy atom. The topological polar surface area (TPSA) is 35.6 Å². The Kier molecular flexibility index (Phi) is 5.78. The molecule has 0 saturated carbocycles. The number of aryl methyl sites for hydroxylation is 1. The Morgan fingerprint density at radius 3 is 1.86 bits per heavy atom. The molecule has 0 bridgehead atoms. The minimum atomic E-state index is 0.692. The van der Waals surface area contributed by atoms with Gasteiger partial charge in [-0.15, -0.1) is 0 Å². The summed E-state index contributed by atoms with van der Waals surface area (Å²) in [6.45, 7) is 2.15. The Morgan fingerprint density at radius 2 is 1.12 bits per heavy atom. The van der Waals surface area contributed by atoms with E-state index in [9.17, 15) is 0 Å². The third kappa shape index (κ3) is 3.95. The zero-order valence-electron chi connectivity index (χ0n) is 27.1. The van der Waals surface area contributed by atoms with Gasteiger partial charge in [0, 0.05) is 48.0 Å². The van der Waals surface area contributed by atoms with Crippen molar-refractivity contribution in [1.82, 2.24) is 19.1 Å². The van der Waals surface area contributed by atoms with Gasteiger partial charge in [0.1, 0.15) is 0 Å². The van der Waals surface area contributed by atoms with E-state index >= 15 is 0 Å². The number of para-hydroxylation sites is 3. The van der Waals surface area contributed by atoms with Crippen molar-refractivity contribution in [1.29, 1.82) is 0 Å². The Bertz CT molecular complexity index is 3030. The van der Waals surface area contributed by atoms with Crippen molar-refractivity contribution in [3.8, 4) is 34.0 Å². The van der Waals surface area contributed by atoms with Crippen molar-refractivity contribution in [2.24, 2.45) is 0 Å². The molecule has 0 amide bonds. The molecule has 1 aliphatic rings. The maximum Gasteiger partial charge on any atom is 0.235 e. The molecular formula is C45H28N4S. The number of aromatic nitrogens is 4. The van der Waals surface area contributed by atoms with Gasteiger partial charge in [-0.25, -0.2) is 9.97 Å². The van der Waals surface area contributed by atoms with Crippen molar-refractivity contribution >= 4 is 66.3 Å². The molecule has 234 valence electrons. The number of rotatable bonds is 3. The molecule has 50 heavy (non-hydrogen) atoms. The predicted octanol–water partition coefficient (Wildman–Crippen LogP) is 11.9. The standard InChI is InChI=1S/C45H28N4S/c1-27-18-21-33-42(24-27)50-41-17-9-14-36-43(41)44(33)47-45(46-36)49-38-16-8-6-13-32(38)35-26-29(20-23-40(35)49)28-19-22-39-34(25-28)31-12-5-7-15-37(31)48(39)30-10-3-2-4-11-30/h2-26H,1H3. The highest BCUT2D eigenvalue weighted by Gasteiger charge is 2.24. The van der Waals surface area contributed by atoms with E-state index in [1.54, 1.807) is 0 Å². The summed E-state index contributed by atoms with van der Waals surface area (Å²) in [6, 6.07) is 54.7. The zero-order valence-corrected chi connectivity index (χ0v) is 27.9. The Balaban J connectivity index is 1.12. The van der Waals surface area contributed by atoms with Crippen LogP contribution < -0.4 is 0 Å². The van der Waals surface area contributed by atoms with Crippen LogP contribution in [0.15, 0.2) is 161 Å². The summed E-state index contributed by atoms with van der Waals surface area (Å²) >= 11 is 1.81. The molecule has 4 nitrogen and oxygen atoms in total. The molecule has 7 aromatic carbocycles. The minimum Gasteiger partial charge on any atom is -0.309 e. The third-order valence-electron chi connectivity index (χ3n) is 10.2. The van der Waals surface area contributed by atoms with Gasteiger partial charge in [0.05, 0.1) is 33.3 Å². The van der Waals surface area contributed by atoms with Crippen LogP contribution in [0.5, 0.6) is 0 Å². The van der Waals surface area contributed by atoms with Gasteiger partial charge >= 0.3 is 0 Å². The Labute approximate surface area is 292 Å². The lowest BCUT2D eigenvalue weighted by molar-refractivity contribution is 1.01. The molecule has 5 heteroatoms. The van der Waals surface area contributed by atoms with Crippen molar-refractivity contribution in [2.45, 2.75) is 16.7 Å². The van der Waals surface area contributed by atoms with Gasteiger partial charge in [0.2, 0.25) is 5.95 Å². The highest BCUT2D eigenvalue weighted by molar-refractivity contribution is 7.99. The molecule has 10 aromatic rings. The normalized spacial score (nSPS) is 12.4. The molecule has 0 saturated heterocycles. The van der Waals surface area contributed by atoms with Crippen LogP contribution in [0, 0.1) is 6.92 Å². The molecule has 0 fully saturated rings. The van der Waals surface area contributed by atoms with E-state index in [2.05, 4.69) is 168 Å². The van der Waals surface area contributed by atoms with Crippen LogP contribution in [0.25, 0.3) is 88.5 Å². The zero-order chi connectivity index (χ0) is 32.9. The van der Waals surface area contributed by atoms with E-state index in [4.69, 9.17) is 9.97 Å². The third-order valence-corrected chi connectivity index (χ3v) is 11.3. The van der Waals surface area contributed by atoms with Gasteiger partial charge in [-0.2, -0.15) is 0 Å². The first kappa shape index (κ1) is 27.7. The van der Waals surface area contributed by atoms with Crippen molar-refractivity contribution in [3.05, 3.63) is 157 Å². The van der Waals surface area contributed by atoms with Gasteiger partial charge < -0.3 is 4.57 Å². The van der Waals surface area contributed by atoms with E-state index in [1.165, 1.54) is 70.3 Å². The lowest BCUT2D eigenvalue weighted by Gasteiger charge is -2.20. The number of hydrogen-bond acceptors (Lipinski definition) is 3. The number of nitrogens with zero attached hydrogens (tertiary/aromatic N) is 4. The fourth-order valence-corrected chi connectivity index (χ4v) is 9.13. The van der Waals surface area contributed by atoms with Crippen molar-refractivity contribution in [2.75, 3.05) is 0 Å². The summed E-state index contributed by atoms with van der Waals surface area (Å²) in [4.78, 5) is 13.0. The second-order valence-electron chi connectivity index (χ2n) is 13.1. The predicted molar refractivity (Wildman–Crippen MR) is 208 cm³/mol. The number of hydrogen-bond donors (Lipinski definition) is 0. The van der Waals surface area contributed by atoms with Gasteiger partial charge in [-0.05, 0) is 90.3 Å². The van der Waals surface area contributed by atoms with Crippen LogP contribution in [0.1, 0.15) is 5.56 Å². The molecule has 0 aliphatic carbocycles. The van der Waals surface area contributed by atoms with Crippen molar-refractivity contribution < 1.29 is 0 Å². The average Bonchev–Trinajstić information content (AvgIpc) is 3.67. The second-order valence-corrected chi connectivity index (χ2v) is 14.2. The fraction of sp³-hybridized carbons (Fsp3) is 0.0222. The van der Waals surface area contributed by atoms with Crippen LogP contribution in [0.3, 0.4) is 0 Å². The van der Waals surface area contributed by atoms with Crippen LogP contribution in [-0.2, 0) is 0 Å². The largest absolute Gasteiger partial charge is 0.309 e. The number of fused-ring (bicyclic) bond motifs is 8. The minimum absolute atomic E-state index is 0.692. The molecular weight excluding hydrogens is 629 g/mol. The molecule has 3 aromatic heterocycles. The van der Waals surface area contributed by atoms with E-state index in [1.807, 2.05) is 11.8 Å². The molecule has 4 heterocycles. The monoisotopic (exact) mass is 656 g/mol. The van der Waals surface area contributed by atoms with Crippen LogP contribution in [0.4, 0.5) is 0 Å². The average molecular weight is 657 g/mol. The highest BCUT2D eigenvalue weighted by atomic mass is 32.2. The van der Waals surface area contributed by atoms with E-state index in [0.717, 1.165) is 27.6 Å². The summed E-state index contributed by atoms with van der Waals surface area (Å²) < 4.78 is 4.60. The Hall–Kier alpha value is -6.17. The van der Waals surface area contributed by atoms with Gasteiger partial charge in [-0.1, -0.05) is 96.7 Å². The van der Waals surface area contributed by atoms with Crippen molar-refractivity contribution in [3.63, 3.8) is 0 Å². The molecule has 0 unspecified atom stereocenters. The summed E-state index contributed by atoms with van der Waals surface area (Å²) in [5.41, 5.74) is 12.5. The fourth-order valence-electron chi connectivity index (χ4n) is 7.92. The first-order valence-corrected chi connectivity index (χ1v) is 17.7. The molecule has 0 N–H and O–H groups in total. The molecule has 1 aliphatic heterocycles. The van der Waals surface area contributed by atoms with Gasteiger partial charge in [0.15, 0.2) is 0 Å². The first-order valence-electron chi connectivity index (χ1n) is 16.9. The first-order chi connectivity index (χ1) is 24.7. The molecule has 0 atom stereocenters. The highest BCUT2D eigenvalue weighted by Crippen LogP contribution is 2.47. The smallest absolute Gasteiger partial charge is 0.235 e. The maximum absolute atomic E-state index is 5.35. The van der Waals surface area contributed by atoms with Crippen LogP contribution in [-0.4, -0.2) is 19.1 Å². The van der Waals surface area contributed by atoms with E-state index in [0.29, 0.717) is 5.95 Å². The summed E-state index contributed by atoms with van der Waals surface area (Å²) in [5.74, 6) is 0.692. The van der Waals surface area contributed by atoms with Gasteiger partial charge in [0.25, 0.3) is 0 Å². The lowest BCUT2D eigenvalue weighted by Crippen LogP contribution is -2.05. The lowest BCUT2D eigenvalue weighted by atomic mass is 10.0. The molecule has 0 radical (unpaired) electrons.